The summed E-state index contributed by atoms with van der Waals surface area (Å²) < 4.78 is 0. The first kappa shape index (κ1) is 12.0. The molecule has 0 aliphatic carbocycles. The maximum atomic E-state index is 12.1. The maximum absolute atomic E-state index is 12.1. The topological polar surface area (TPSA) is 85.0 Å². The van der Waals surface area contributed by atoms with Gasteiger partial charge in [-0.25, -0.2) is 4.98 Å². The van der Waals surface area contributed by atoms with E-state index in [-0.39, 0.29) is 17.4 Å². The van der Waals surface area contributed by atoms with Crippen LogP contribution in [0.3, 0.4) is 0 Å². The van der Waals surface area contributed by atoms with Crippen molar-refractivity contribution in [3.63, 3.8) is 0 Å². The van der Waals surface area contributed by atoms with Crippen molar-refractivity contribution < 1.29 is 4.79 Å². The molecule has 2 N–H and O–H groups in total. The lowest BCUT2D eigenvalue weighted by Gasteiger charge is -2.16. The molecule has 1 amide bonds. The highest BCUT2D eigenvalue weighted by atomic mass is 16.2. The molecule has 2 rings (SSSR count). The molecular weight excluding hydrogens is 230 g/mol. The van der Waals surface area contributed by atoms with Gasteiger partial charge in [0.25, 0.3) is 5.91 Å². The van der Waals surface area contributed by atoms with Gasteiger partial charge in [0, 0.05) is 26.0 Å². The Kier molecular flexibility index (Phi) is 3.47. The van der Waals surface area contributed by atoms with E-state index in [4.69, 9.17) is 5.73 Å². The fourth-order valence-electron chi connectivity index (χ4n) is 1.51. The van der Waals surface area contributed by atoms with E-state index >= 15 is 0 Å². The Morgan fingerprint density at radius 2 is 2.00 bits per heavy atom. The first-order valence-corrected chi connectivity index (χ1v) is 5.38. The van der Waals surface area contributed by atoms with Crippen LogP contribution in [-0.2, 0) is 6.54 Å². The highest BCUT2D eigenvalue weighted by Gasteiger charge is 2.14. The quantitative estimate of drug-likeness (QED) is 0.858. The third-order valence-corrected chi connectivity index (χ3v) is 2.39. The van der Waals surface area contributed by atoms with Crippen molar-refractivity contribution in [2.45, 2.75) is 6.54 Å². The van der Waals surface area contributed by atoms with Crippen molar-refractivity contribution in [1.82, 2.24) is 19.9 Å². The van der Waals surface area contributed by atoms with E-state index < -0.39 is 0 Å². The number of nitrogens with zero attached hydrogens (tertiary/aromatic N) is 4. The molecule has 0 radical (unpaired) electrons. The summed E-state index contributed by atoms with van der Waals surface area (Å²) in [4.78, 5) is 25.3. The number of hydrogen-bond acceptors (Lipinski definition) is 5. The van der Waals surface area contributed by atoms with Crippen LogP contribution in [0.5, 0.6) is 0 Å². The second kappa shape index (κ2) is 5.22. The molecule has 0 atom stereocenters. The molecule has 18 heavy (non-hydrogen) atoms. The molecule has 0 aromatic carbocycles. The molecular formula is C12H13N5O. The molecule has 0 saturated heterocycles. The monoisotopic (exact) mass is 243 g/mol. The van der Waals surface area contributed by atoms with Gasteiger partial charge in [-0.3, -0.25) is 14.8 Å². The van der Waals surface area contributed by atoms with Gasteiger partial charge in [-0.05, 0) is 17.7 Å². The minimum absolute atomic E-state index is 0.216. The lowest BCUT2D eigenvalue weighted by Crippen LogP contribution is -2.27. The molecule has 2 aromatic heterocycles. The van der Waals surface area contributed by atoms with Crippen LogP contribution < -0.4 is 5.73 Å². The van der Waals surface area contributed by atoms with Gasteiger partial charge in [0.1, 0.15) is 11.5 Å². The molecule has 0 saturated carbocycles. The van der Waals surface area contributed by atoms with Crippen LogP contribution in [0.1, 0.15) is 16.1 Å². The number of aromatic nitrogens is 3. The number of carbonyl (C=O) groups excluding carboxylic acids is 1. The van der Waals surface area contributed by atoms with Crippen LogP contribution in [0, 0.1) is 0 Å². The number of nitrogens with two attached hydrogens (primary N) is 1. The Morgan fingerprint density at radius 3 is 2.67 bits per heavy atom. The normalized spacial score (nSPS) is 10.1. The van der Waals surface area contributed by atoms with Crippen LogP contribution in [-0.4, -0.2) is 32.8 Å². The third kappa shape index (κ3) is 2.79. The average Bonchev–Trinajstić information content (AvgIpc) is 2.39. The molecule has 0 unspecified atom stereocenters. The summed E-state index contributed by atoms with van der Waals surface area (Å²) in [5.41, 5.74) is 6.74. The number of hydrogen-bond donors (Lipinski definition) is 1. The van der Waals surface area contributed by atoms with E-state index in [0.717, 1.165) is 5.56 Å². The van der Waals surface area contributed by atoms with Gasteiger partial charge in [0.15, 0.2) is 0 Å². The third-order valence-electron chi connectivity index (χ3n) is 2.39. The largest absolute Gasteiger partial charge is 0.382 e. The van der Waals surface area contributed by atoms with E-state index in [1.54, 1.807) is 24.3 Å². The van der Waals surface area contributed by atoms with Gasteiger partial charge >= 0.3 is 0 Å². The smallest absolute Gasteiger partial charge is 0.274 e. The number of anilines is 1. The van der Waals surface area contributed by atoms with Crippen LogP contribution >= 0.6 is 0 Å². The van der Waals surface area contributed by atoms with Crippen molar-refractivity contribution in [1.29, 1.82) is 0 Å². The second-order valence-corrected chi connectivity index (χ2v) is 3.85. The summed E-state index contributed by atoms with van der Waals surface area (Å²) in [5.74, 6) is 0.0183. The van der Waals surface area contributed by atoms with E-state index in [1.165, 1.54) is 12.4 Å². The average molecular weight is 243 g/mol. The molecule has 0 aliphatic rings. The molecule has 2 aromatic rings. The van der Waals surface area contributed by atoms with E-state index in [1.807, 2.05) is 12.1 Å². The highest BCUT2D eigenvalue weighted by molar-refractivity contribution is 5.92. The molecule has 6 nitrogen and oxygen atoms in total. The van der Waals surface area contributed by atoms with Crippen LogP contribution in [0.2, 0.25) is 0 Å². The van der Waals surface area contributed by atoms with Crippen LogP contribution in [0.15, 0.2) is 36.9 Å². The number of carbonyl (C=O) groups is 1. The molecule has 0 fully saturated rings. The Labute approximate surface area is 105 Å². The van der Waals surface area contributed by atoms with E-state index in [2.05, 4.69) is 15.0 Å². The first-order valence-electron chi connectivity index (χ1n) is 5.38. The van der Waals surface area contributed by atoms with Gasteiger partial charge in [0.2, 0.25) is 0 Å². The number of pyridine rings is 1. The molecule has 92 valence electrons. The van der Waals surface area contributed by atoms with Crippen molar-refractivity contribution in [3.05, 3.63) is 48.2 Å². The first-order chi connectivity index (χ1) is 8.66. The highest BCUT2D eigenvalue weighted by Crippen LogP contribution is 2.06. The molecule has 6 heteroatoms. The molecule has 2 heterocycles. The zero-order valence-corrected chi connectivity index (χ0v) is 9.95. The summed E-state index contributed by atoms with van der Waals surface area (Å²) in [5, 5.41) is 0. The van der Waals surface area contributed by atoms with Gasteiger partial charge in [0.05, 0.1) is 12.4 Å². The maximum Gasteiger partial charge on any atom is 0.274 e. The van der Waals surface area contributed by atoms with Gasteiger partial charge in [-0.15, -0.1) is 0 Å². The molecule has 0 bridgehead atoms. The summed E-state index contributed by atoms with van der Waals surface area (Å²) in [6, 6.07) is 3.71. The van der Waals surface area contributed by atoms with Gasteiger partial charge < -0.3 is 10.6 Å². The minimum atomic E-state index is -0.216. The zero-order chi connectivity index (χ0) is 13.0. The number of amides is 1. The van der Waals surface area contributed by atoms with Crippen molar-refractivity contribution >= 4 is 11.7 Å². The lowest BCUT2D eigenvalue weighted by molar-refractivity contribution is 0.0779. The van der Waals surface area contributed by atoms with Crippen molar-refractivity contribution in [2.75, 3.05) is 12.8 Å². The fourth-order valence-corrected chi connectivity index (χ4v) is 1.51. The molecule has 0 aliphatic heterocycles. The van der Waals surface area contributed by atoms with Gasteiger partial charge in [-0.2, -0.15) is 0 Å². The van der Waals surface area contributed by atoms with Crippen LogP contribution in [0.4, 0.5) is 5.82 Å². The SMILES string of the molecule is CN(Cc1ccncc1)C(=O)c1cncc(N)n1. The summed E-state index contributed by atoms with van der Waals surface area (Å²) in [6.07, 6.45) is 6.18. The van der Waals surface area contributed by atoms with Crippen molar-refractivity contribution in [2.24, 2.45) is 0 Å². The van der Waals surface area contributed by atoms with E-state index in [0.29, 0.717) is 6.54 Å². The molecule has 0 spiro atoms. The lowest BCUT2D eigenvalue weighted by atomic mass is 10.2. The Hall–Kier alpha value is -2.50. The Balaban J connectivity index is 2.10. The summed E-state index contributed by atoms with van der Waals surface area (Å²) >= 11 is 0. The predicted octanol–water partition coefficient (Wildman–Crippen LogP) is 0.726. The van der Waals surface area contributed by atoms with Crippen LogP contribution in [0.25, 0.3) is 0 Å². The predicted molar refractivity (Wildman–Crippen MR) is 66.5 cm³/mol. The standard InChI is InChI=1S/C12H13N5O/c1-17(8-9-2-4-14-5-3-9)12(18)10-6-15-7-11(13)16-10/h2-7H,8H2,1H3,(H2,13,16). The minimum Gasteiger partial charge on any atom is -0.382 e. The fraction of sp³-hybridized carbons (Fsp3) is 0.167. The van der Waals surface area contributed by atoms with Crippen molar-refractivity contribution in [3.8, 4) is 0 Å². The second-order valence-electron chi connectivity index (χ2n) is 3.85. The Morgan fingerprint density at radius 1 is 1.28 bits per heavy atom. The summed E-state index contributed by atoms with van der Waals surface area (Å²) in [7, 11) is 1.70. The zero-order valence-electron chi connectivity index (χ0n) is 9.95. The van der Waals surface area contributed by atoms with E-state index in [9.17, 15) is 4.79 Å². The number of rotatable bonds is 3. The van der Waals surface area contributed by atoms with Gasteiger partial charge in [-0.1, -0.05) is 0 Å². The number of nitrogen functional groups attached to an aromatic ring is 1. The summed E-state index contributed by atoms with van der Waals surface area (Å²) in [6.45, 7) is 0.484. The Bertz CT molecular complexity index is 543.